The number of benzene rings is 3. The van der Waals surface area contributed by atoms with Crippen molar-refractivity contribution in [2.75, 3.05) is 12.3 Å². The van der Waals surface area contributed by atoms with Crippen LogP contribution in [-0.4, -0.2) is 35.1 Å². The van der Waals surface area contributed by atoms with Crippen molar-refractivity contribution in [2.24, 2.45) is 5.92 Å². The third-order valence-corrected chi connectivity index (χ3v) is 7.72. The van der Waals surface area contributed by atoms with E-state index in [1.54, 1.807) is 34.9 Å². The Morgan fingerprint density at radius 2 is 1.54 bits per heavy atom. The molecular weight excluding hydrogens is 547 g/mol. The van der Waals surface area contributed by atoms with Crippen LogP contribution in [-0.2, 0) is 22.6 Å². The molecule has 0 fully saturated rings. The molecule has 0 aromatic heterocycles. The number of nitrogens with zero attached hydrogens (tertiary/aromatic N) is 1. The topological polar surface area (TPSA) is 49.4 Å². The van der Waals surface area contributed by atoms with Crippen LogP contribution in [0.15, 0.2) is 77.7 Å². The van der Waals surface area contributed by atoms with Crippen LogP contribution in [0.1, 0.15) is 31.4 Å². The summed E-state index contributed by atoms with van der Waals surface area (Å²) in [6.45, 7) is 4.72. The monoisotopic (exact) mass is 576 g/mol. The summed E-state index contributed by atoms with van der Waals surface area (Å²) in [7, 11) is 0. The van der Waals surface area contributed by atoms with Gasteiger partial charge in [-0.05, 0) is 47.9 Å². The number of thioether (sulfide) groups is 1. The van der Waals surface area contributed by atoms with E-state index in [1.165, 1.54) is 0 Å². The first-order chi connectivity index (χ1) is 17.7. The lowest BCUT2D eigenvalue weighted by atomic mass is 10.0. The summed E-state index contributed by atoms with van der Waals surface area (Å²) in [6.07, 6.45) is 0.626. The standard InChI is InChI=1S/C29H31Cl3N2O2S/c1-20(2)18-33-29(36)27(17-21-7-4-3-5-8-21)34(19-24-25(31)9-6-10-26(24)32)28(35)15-16-37-23-13-11-22(30)12-14-23/h3-14,20,27H,15-19H2,1-2H3,(H,33,36). The highest BCUT2D eigenvalue weighted by Gasteiger charge is 2.31. The van der Waals surface area contributed by atoms with E-state index in [0.717, 1.165) is 10.5 Å². The second kappa shape index (κ2) is 14.7. The zero-order chi connectivity index (χ0) is 26.8. The fourth-order valence-corrected chi connectivity index (χ4v) is 5.24. The first-order valence-electron chi connectivity index (χ1n) is 12.2. The van der Waals surface area contributed by atoms with E-state index in [0.29, 0.717) is 39.3 Å². The molecule has 3 aromatic rings. The highest BCUT2D eigenvalue weighted by molar-refractivity contribution is 7.99. The Bertz CT molecular complexity index is 1150. The third kappa shape index (κ3) is 9.26. The van der Waals surface area contributed by atoms with Crippen molar-refractivity contribution in [2.45, 2.75) is 44.2 Å². The highest BCUT2D eigenvalue weighted by atomic mass is 35.5. The molecule has 4 nitrogen and oxygen atoms in total. The van der Waals surface area contributed by atoms with Gasteiger partial charge in [-0.3, -0.25) is 9.59 Å². The molecule has 1 unspecified atom stereocenters. The van der Waals surface area contributed by atoms with Crippen molar-refractivity contribution >= 4 is 58.4 Å². The van der Waals surface area contributed by atoms with Gasteiger partial charge in [0.2, 0.25) is 11.8 Å². The van der Waals surface area contributed by atoms with E-state index < -0.39 is 6.04 Å². The Morgan fingerprint density at radius 3 is 2.16 bits per heavy atom. The van der Waals surface area contributed by atoms with E-state index in [9.17, 15) is 9.59 Å². The van der Waals surface area contributed by atoms with Gasteiger partial charge in [0.1, 0.15) is 6.04 Å². The summed E-state index contributed by atoms with van der Waals surface area (Å²) >= 11 is 20.5. The van der Waals surface area contributed by atoms with Gasteiger partial charge in [-0.25, -0.2) is 0 Å². The zero-order valence-electron chi connectivity index (χ0n) is 20.9. The molecule has 3 aromatic carbocycles. The fraction of sp³-hybridized carbons (Fsp3) is 0.310. The molecule has 1 atom stereocenters. The average molecular weight is 578 g/mol. The van der Waals surface area contributed by atoms with Crippen molar-refractivity contribution in [3.8, 4) is 0 Å². The maximum Gasteiger partial charge on any atom is 0.243 e. The Hall–Kier alpha value is -2.18. The van der Waals surface area contributed by atoms with Gasteiger partial charge in [-0.1, -0.05) is 85.0 Å². The van der Waals surface area contributed by atoms with Crippen LogP contribution >= 0.6 is 46.6 Å². The van der Waals surface area contributed by atoms with Gasteiger partial charge in [-0.2, -0.15) is 0 Å². The normalized spacial score (nSPS) is 11.8. The largest absolute Gasteiger partial charge is 0.354 e. The molecule has 0 bridgehead atoms. The van der Waals surface area contributed by atoms with E-state index in [4.69, 9.17) is 34.8 Å². The van der Waals surface area contributed by atoms with Crippen LogP contribution in [0.2, 0.25) is 15.1 Å². The summed E-state index contributed by atoms with van der Waals surface area (Å²) in [5.74, 6) is 0.496. The Balaban J connectivity index is 1.88. The molecule has 2 amide bonds. The SMILES string of the molecule is CC(C)CNC(=O)C(Cc1ccccc1)N(Cc1c(Cl)cccc1Cl)C(=O)CCSc1ccc(Cl)cc1. The van der Waals surface area contributed by atoms with Crippen molar-refractivity contribution in [1.29, 1.82) is 0 Å². The predicted octanol–water partition coefficient (Wildman–Crippen LogP) is 7.54. The molecule has 0 spiro atoms. The van der Waals surface area contributed by atoms with E-state index in [-0.39, 0.29) is 30.7 Å². The number of hydrogen-bond acceptors (Lipinski definition) is 3. The average Bonchev–Trinajstić information content (AvgIpc) is 2.88. The molecule has 37 heavy (non-hydrogen) atoms. The van der Waals surface area contributed by atoms with Gasteiger partial charge >= 0.3 is 0 Å². The molecule has 0 aliphatic heterocycles. The quantitative estimate of drug-likeness (QED) is 0.226. The van der Waals surface area contributed by atoms with Crippen LogP contribution in [0.4, 0.5) is 0 Å². The first kappa shape index (κ1) is 29.4. The van der Waals surface area contributed by atoms with Gasteiger partial charge < -0.3 is 10.2 Å². The smallest absolute Gasteiger partial charge is 0.243 e. The molecule has 0 saturated carbocycles. The third-order valence-electron chi connectivity index (χ3n) is 5.74. The van der Waals surface area contributed by atoms with E-state index in [1.807, 2.05) is 68.4 Å². The lowest BCUT2D eigenvalue weighted by Crippen LogP contribution is -2.51. The number of halogens is 3. The molecule has 3 rings (SSSR count). The van der Waals surface area contributed by atoms with Crippen molar-refractivity contribution in [3.05, 3.63) is 99.0 Å². The summed E-state index contributed by atoms with van der Waals surface area (Å²) < 4.78 is 0. The Labute approximate surface area is 238 Å². The van der Waals surface area contributed by atoms with Gasteiger partial charge in [0.05, 0.1) is 0 Å². The molecule has 0 heterocycles. The summed E-state index contributed by atoms with van der Waals surface area (Å²) in [4.78, 5) is 29.9. The van der Waals surface area contributed by atoms with Gasteiger partial charge in [0.25, 0.3) is 0 Å². The molecule has 1 N–H and O–H groups in total. The molecule has 0 aliphatic carbocycles. The van der Waals surface area contributed by atoms with Gasteiger partial charge in [-0.15, -0.1) is 11.8 Å². The molecule has 0 radical (unpaired) electrons. The molecule has 8 heteroatoms. The number of carbonyl (C=O) groups is 2. The number of amides is 2. The molecule has 196 valence electrons. The molecule has 0 aliphatic rings. The minimum Gasteiger partial charge on any atom is -0.354 e. The van der Waals surface area contributed by atoms with Crippen LogP contribution in [0.3, 0.4) is 0 Å². The maximum absolute atomic E-state index is 13.7. The fourth-order valence-electron chi connectivity index (χ4n) is 3.76. The zero-order valence-corrected chi connectivity index (χ0v) is 24.0. The summed E-state index contributed by atoms with van der Waals surface area (Å²) in [6, 6.07) is 21.7. The summed E-state index contributed by atoms with van der Waals surface area (Å²) in [5.41, 5.74) is 1.59. The number of nitrogens with one attached hydrogen (secondary N) is 1. The number of rotatable bonds is 12. The lowest BCUT2D eigenvalue weighted by Gasteiger charge is -2.32. The molecule has 0 saturated heterocycles. The lowest BCUT2D eigenvalue weighted by molar-refractivity contribution is -0.141. The van der Waals surface area contributed by atoms with Gasteiger partial charge in [0.15, 0.2) is 0 Å². The summed E-state index contributed by atoms with van der Waals surface area (Å²) in [5, 5.41) is 4.61. The number of carbonyl (C=O) groups excluding carboxylic acids is 2. The van der Waals surface area contributed by atoms with E-state index in [2.05, 4.69) is 5.32 Å². The second-order valence-corrected chi connectivity index (χ2v) is 11.5. The first-order valence-corrected chi connectivity index (χ1v) is 14.3. The molecular formula is C29H31Cl3N2O2S. The van der Waals surface area contributed by atoms with Crippen LogP contribution < -0.4 is 5.32 Å². The number of hydrogen-bond donors (Lipinski definition) is 1. The van der Waals surface area contributed by atoms with Crippen molar-refractivity contribution in [1.82, 2.24) is 10.2 Å². The van der Waals surface area contributed by atoms with Crippen LogP contribution in [0.5, 0.6) is 0 Å². The van der Waals surface area contributed by atoms with Crippen molar-refractivity contribution < 1.29 is 9.59 Å². The minimum absolute atomic E-state index is 0.134. The van der Waals surface area contributed by atoms with Crippen molar-refractivity contribution in [3.63, 3.8) is 0 Å². The van der Waals surface area contributed by atoms with Crippen LogP contribution in [0.25, 0.3) is 0 Å². The Morgan fingerprint density at radius 1 is 0.892 bits per heavy atom. The predicted molar refractivity (Wildman–Crippen MR) is 156 cm³/mol. The minimum atomic E-state index is -0.721. The van der Waals surface area contributed by atoms with E-state index >= 15 is 0 Å². The Kier molecular flexibility index (Phi) is 11.7. The van der Waals surface area contributed by atoms with Gasteiger partial charge in [0, 0.05) is 57.2 Å². The maximum atomic E-state index is 13.7. The second-order valence-electron chi connectivity index (χ2n) is 9.12. The van der Waals surface area contributed by atoms with Crippen LogP contribution in [0, 0.1) is 5.92 Å². The highest BCUT2D eigenvalue weighted by Crippen LogP contribution is 2.28.